The van der Waals surface area contributed by atoms with Gasteiger partial charge in [-0.2, -0.15) is 0 Å². The molecule has 66 valence electrons. The Morgan fingerprint density at radius 1 is 1.64 bits per heavy atom. The molecule has 0 spiro atoms. The quantitative estimate of drug-likeness (QED) is 0.417. The lowest BCUT2D eigenvalue weighted by Gasteiger charge is -2.07. The summed E-state index contributed by atoms with van der Waals surface area (Å²) in [5, 5.41) is 17.0. The number of hydrogen-bond acceptors (Lipinski definition) is 5. The molecule has 0 aliphatic heterocycles. The van der Waals surface area contributed by atoms with Crippen LogP contribution in [0.25, 0.3) is 0 Å². The Hall–Kier alpha value is -0.650. The van der Waals surface area contributed by atoms with Crippen LogP contribution in [0.2, 0.25) is 0 Å². The lowest BCUT2D eigenvalue weighted by molar-refractivity contribution is -0.147. The third kappa shape index (κ3) is 5.78. The van der Waals surface area contributed by atoms with E-state index in [-0.39, 0.29) is 19.6 Å². The predicted molar refractivity (Wildman–Crippen MR) is 37.7 cm³/mol. The van der Waals surface area contributed by atoms with Crippen LogP contribution in [0.1, 0.15) is 6.42 Å². The molecule has 4 N–H and O–H groups in total. The van der Waals surface area contributed by atoms with E-state index in [9.17, 15) is 4.79 Å². The summed E-state index contributed by atoms with van der Waals surface area (Å²) in [4.78, 5) is 10.6. The first kappa shape index (κ1) is 10.3. The maximum Gasteiger partial charge on any atom is 0.307 e. The average Bonchev–Trinajstić information content (AvgIpc) is 2.01. The molecule has 0 aliphatic carbocycles. The first-order chi connectivity index (χ1) is 5.20. The normalized spacial score (nSPS) is 12.6. The van der Waals surface area contributed by atoms with E-state index in [2.05, 4.69) is 4.74 Å². The van der Waals surface area contributed by atoms with Gasteiger partial charge in [0.05, 0.1) is 13.0 Å². The van der Waals surface area contributed by atoms with Crippen LogP contribution < -0.4 is 5.73 Å². The third-order valence-electron chi connectivity index (χ3n) is 0.996. The van der Waals surface area contributed by atoms with Crippen LogP contribution in [-0.4, -0.2) is 42.0 Å². The van der Waals surface area contributed by atoms with Gasteiger partial charge in [0.25, 0.3) is 0 Å². The molecule has 0 aromatic heterocycles. The largest absolute Gasteiger partial charge is 0.463 e. The number of ether oxygens (including phenoxy) is 1. The summed E-state index contributed by atoms with van der Waals surface area (Å²) in [6.45, 7) is -0.348. The molecule has 0 saturated carbocycles. The van der Waals surface area contributed by atoms with Gasteiger partial charge >= 0.3 is 5.97 Å². The number of rotatable bonds is 5. The molecule has 0 bridgehead atoms. The maximum atomic E-state index is 10.6. The summed E-state index contributed by atoms with van der Waals surface area (Å²) in [6, 6.07) is 0. The van der Waals surface area contributed by atoms with Crippen molar-refractivity contribution >= 4 is 5.97 Å². The fourth-order valence-electron chi connectivity index (χ4n) is 0.432. The molecule has 0 unspecified atom stereocenters. The zero-order chi connectivity index (χ0) is 8.69. The molecule has 5 nitrogen and oxygen atoms in total. The van der Waals surface area contributed by atoms with Crippen molar-refractivity contribution in [2.45, 2.75) is 12.5 Å². The highest BCUT2D eigenvalue weighted by atomic mass is 16.5. The van der Waals surface area contributed by atoms with Crippen LogP contribution in [-0.2, 0) is 9.53 Å². The number of aliphatic hydroxyl groups is 2. The van der Waals surface area contributed by atoms with Crippen molar-refractivity contribution in [1.82, 2.24) is 0 Å². The highest BCUT2D eigenvalue weighted by Gasteiger charge is 2.05. The van der Waals surface area contributed by atoms with E-state index in [0.29, 0.717) is 0 Å². The van der Waals surface area contributed by atoms with Gasteiger partial charge in [-0.3, -0.25) is 4.79 Å². The molecule has 1 atom stereocenters. The SMILES string of the molecule is NCCC(=O)OC[C@H](O)CO. The Bertz CT molecular complexity index is 117. The predicted octanol–water partition coefficient (Wildman–Crippen LogP) is -1.77. The van der Waals surface area contributed by atoms with E-state index in [1.54, 1.807) is 0 Å². The summed E-state index contributed by atoms with van der Waals surface area (Å²) >= 11 is 0. The Morgan fingerprint density at radius 3 is 2.73 bits per heavy atom. The molecule has 0 aliphatic rings. The lowest BCUT2D eigenvalue weighted by Crippen LogP contribution is -2.22. The highest BCUT2D eigenvalue weighted by molar-refractivity contribution is 5.69. The zero-order valence-corrected chi connectivity index (χ0v) is 6.19. The third-order valence-corrected chi connectivity index (χ3v) is 0.996. The summed E-state index contributed by atoms with van der Waals surface area (Å²) in [5.74, 6) is -0.458. The second kappa shape index (κ2) is 6.09. The van der Waals surface area contributed by atoms with Crippen LogP contribution >= 0.6 is 0 Å². The zero-order valence-electron chi connectivity index (χ0n) is 6.19. The molecule has 0 fully saturated rings. The topological polar surface area (TPSA) is 92.8 Å². The van der Waals surface area contributed by atoms with Crippen LogP contribution in [0.5, 0.6) is 0 Å². The van der Waals surface area contributed by atoms with Gasteiger partial charge in [-0.25, -0.2) is 0 Å². The lowest BCUT2D eigenvalue weighted by atomic mass is 10.4. The Kier molecular flexibility index (Phi) is 5.73. The molecule has 0 amide bonds. The number of carbonyl (C=O) groups is 1. The van der Waals surface area contributed by atoms with Crippen molar-refractivity contribution in [2.24, 2.45) is 5.73 Å². The number of esters is 1. The summed E-state index contributed by atoms with van der Waals surface area (Å²) < 4.78 is 4.51. The van der Waals surface area contributed by atoms with Crippen LogP contribution in [0.4, 0.5) is 0 Å². The van der Waals surface area contributed by atoms with Crippen LogP contribution in [0, 0.1) is 0 Å². The van der Waals surface area contributed by atoms with Crippen LogP contribution in [0.3, 0.4) is 0 Å². The van der Waals surface area contributed by atoms with Crippen molar-refractivity contribution in [3.05, 3.63) is 0 Å². The van der Waals surface area contributed by atoms with Gasteiger partial charge in [-0.15, -0.1) is 0 Å². The molecule has 0 heterocycles. The summed E-state index contributed by atoms with van der Waals surface area (Å²) in [7, 11) is 0. The van der Waals surface area contributed by atoms with E-state index in [1.807, 2.05) is 0 Å². The standard InChI is InChI=1S/C6H13NO4/c7-2-1-6(10)11-4-5(9)3-8/h5,8-9H,1-4,7H2/t5-/m1/s1. The average molecular weight is 163 g/mol. The fraction of sp³-hybridized carbons (Fsp3) is 0.833. The second-order valence-electron chi connectivity index (χ2n) is 2.06. The van der Waals surface area contributed by atoms with Gasteiger partial charge in [0, 0.05) is 6.54 Å². The van der Waals surface area contributed by atoms with Crippen molar-refractivity contribution in [1.29, 1.82) is 0 Å². The van der Waals surface area contributed by atoms with E-state index >= 15 is 0 Å². The van der Waals surface area contributed by atoms with Gasteiger partial charge in [-0.1, -0.05) is 0 Å². The van der Waals surface area contributed by atoms with E-state index in [1.165, 1.54) is 0 Å². The molecule has 0 aromatic carbocycles. The molecule has 0 aromatic rings. The molecule has 0 saturated heterocycles. The minimum Gasteiger partial charge on any atom is -0.463 e. The first-order valence-corrected chi connectivity index (χ1v) is 3.35. The van der Waals surface area contributed by atoms with Gasteiger partial charge in [0.2, 0.25) is 0 Å². The number of hydrogen-bond donors (Lipinski definition) is 3. The summed E-state index contributed by atoms with van der Waals surface area (Å²) in [5.41, 5.74) is 5.06. The smallest absolute Gasteiger partial charge is 0.307 e. The Labute approximate surface area is 64.8 Å². The van der Waals surface area contributed by atoms with Gasteiger partial charge in [0.15, 0.2) is 0 Å². The Morgan fingerprint density at radius 2 is 2.27 bits per heavy atom. The van der Waals surface area contributed by atoms with Crippen LogP contribution in [0.15, 0.2) is 0 Å². The molecule has 5 heteroatoms. The van der Waals surface area contributed by atoms with Crippen molar-refractivity contribution in [3.8, 4) is 0 Å². The molecular formula is C6H13NO4. The van der Waals surface area contributed by atoms with E-state index in [4.69, 9.17) is 15.9 Å². The van der Waals surface area contributed by atoms with Gasteiger partial charge in [-0.05, 0) is 0 Å². The monoisotopic (exact) mass is 163 g/mol. The van der Waals surface area contributed by atoms with E-state index in [0.717, 1.165) is 0 Å². The van der Waals surface area contributed by atoms with Gasteiger partial charge < -0.3 is 20.7 Å². The number of carbonyl (C=O) groups excluding carboxylic acids is 1. The number of aliphatic hydroxyl groups excluding tert-OH is 2. The molecular weight excluding hydrogens is 150 g/mol. The maximum absolute atomic E-state index is 10.6. The second-order valence-corrected chi connectivity index (χ2v) is 2.06. The Balaban J connectivity index is 3.30. The summed E-state index contributed by atoms with van der Waals surface area (Å²) in [6.07, 6.45) is -0.852. The van der Waals surface area contributed by atoms with Gasteiger partial charge in [0.1, 0.15) is 12.7 Å². The number of nitrogens with two attached hydrogens (primary N) is 1. The minimum atomic E-state index is -0.989. The fourth-order valence-corrected chi connectivity index (χ4v) is 0.432. The minimum absolute atomic E-state index is 0.137. The highest BCUT2D eigenvalue weighted by Crippen LogP contribution is 1.87. The molecule has 11 heavy (non-hydrogen) atoms. The molecule has 0 rings (SSSR count). The van der Waals surface area contributed by atoms with Crippen molar-refractivity contribution in [3.63, 3.8) is 0 Å². The van der Waals surface area contributed by atoms with Crippen molar-refractivity contribution in [2.75, 3.05) is 19.8 Å². The first-order valence-electron chi connectivity index (χ1n) is 3.35. The molecule has 0 radical (unpaired) electrons. The van der Waals surface area contributed by atoms with E-state index < -0.39 is 18.7 Å². The van der Waals surface area contributed by atoms with Crippen molar-refractivity contribution < 1.29 is 19.7 Å².